The van der Waals surface area contributed by atoms with E-state index in [1.165, 1.54) is 0 Å². The summed E-state index contributed by atoms with van der Waals surface area (Å²) in [6.07, 6.45) is 0. The van der Waals surface area contributed by atoms with Crippen molar-refractivity contribution in [1.82, 2.24) is 5.43 Å². The molecule has 0 saturated heterocycles. The lowest BCUT2D eigenvalue weighted by Crippen LogP contribution is -2.58. The number of nitrogens with zero attached hydrogens (tertiary/aromatic N) is 7. The molecule has 0 aromatic heterocycles. The highest BCUT2D eigenvalue weighted by Crippen LogP contribution is 2.18. The Morgan fingerprint density at radius 2 is 1.33 bits per heavy atom. The molecule has 0 unspecified atom stereocenters. The SMILES string of the molecule is O=[N+]([O-])C1=NC(C([N+](=O)[O-])([N+](=O)[O-])[N+](=O)[O-])=N[N]1. The third kappa shape index (κ3) is 1.54. The second-order valence-corrected chi connectivity index (χ2v) is 2.60. The highest BCUT2D eigenvalue weighted by Gasteiger charge is 2.80. The highest BCUT2D eigenvalue weighted by molar-refractivity contribution is 5.99. The molecule has 0 aromatic carbocycles. The van der Waals surface area contributed by atoms with Gasteiger partial charge in [-0.15, -0.1) is 0 Å². The zero-order valence-corrected chi connectivity index (χ0v) is 7.90. The molecule has 1 radical (unpaired) electrons. The lowest BCUT2D eigenvalue weighted by molar-refractivity contribution is -0.945. The van der Waals surface area contributed by atoms with Crippen LogP contribution in [0.2, 0.25) is 0 Å². The zero-order chi connectivity index (χ0) is 14.1. The molecular weight excluding hydrogens is 262 g/mol. The van der Waals surface area contributed by atoms with E-state index in [4.69, 9.17) is 0 Å². The summed E-state index contributed by atoms with van der Waals surface area (Å²) in [6.45, 7) is 0. The van der Waals surface area contributed by atoms with Crippen molar-refractivity contribution >= 4 is 11.8 Å². The van der Waals surface area contributed by atoms with Gasteiger partial charge in [0.2, 0.25) is 0 Å². The zero-order valence-electron chi connectivity index (χ0n) is 7.90. The fourth-order valence-electron chi connectivity index (χ4n) is 0.896. The fraction of sp³-hybridized carbons (Fsp3) is 0.333. The maximum Gasteiger partial charge on any atom is 0.782 e. The van der Waals surface area contributed by atoms with Crippen LogP contribution < -0.4 is 5.43 Å². The van der Waals surface area contributed by atoms with Crippen LogP contribution in [0.25, 0.3) is 0 Å². The van der Waals surface area contributed by atoms with Gasteiger partial charge in [0.15, 0.2) is 14.8 Å². The van der Waals surface area contributed by atoms with Crippen LogP contribution in [-0.4, -0.2) is 37.3 Å². The van der Waals surface area contributed by atoms with Gasteiger partial charge < -0.3 is 10.1 Å². The average Bonchev–Trinajstić information content (AvgIpc) is 2.66. The van der Waals surface area contributed by atoms with Gasteiger partial charge in [0.05, 0.1) is 5.43 Å². The first-order chi connectivity index (χ1) is 8.24. The molecule has 1 aliphatic heterocycles. The third-order valence-corrected chi connectivity index (χ3v) is 1.67. The van der Waals surface area contributed by atoms with Crippen molar-refractivity contribution in [2.75, 3.05) is 0 Å². The van der Waals surface area contributed by atoms with E-state index in [1.807, 2.05) is 0 Å². The van der Waals surface area contributed by atoms with Gasteiger partial charge >= 0.3 is 17.6 Å². The lowest BCUT2D eigenvalue weighted by atomic mass is 10.3. The Morgan fingerprint density at radius 3 is 1.61 bits per heavy atom. The largest absolute Gasteiger partial charge is 0.782 e. The van der Waals surface area contributed by atoms with E-state index >= 15 is 0 Å². The molecular formula is C3N7O8. The molecule has 0 bridgehead atoms. The Morgan fingerprint density at radius 1 is 0.889 bits per heavy atom. The molecule has 1 rings (SSSR count). The molecule has 0 aliphatic carbocycles. The third-order valence-electron chi connectivity index (χ3n) is 1.67. The van der Waals surface area contributed by atoms with Gasteiger partial charge in [0, 0.05) is 0 Å². The van der Waals surface area contributed by atoms with E-state index < -0.39 is 37.3 Å². The van der Waals surface area contributed by atoms with Crippen molar-refractivity contribution in [2.45, 2.75) is 5.79 Å². The van der Waals surface area contributed by atoms with Crippen LogP contribution in [0.5, 0.6) is 0 Å². The molecule has 0 saturated carbocycles. The normalized spacial score (nSPS) is 14.2. The van der Waals surface area contributed by atoms with Gasteiger partial charge in [-0.25, -0.2) is 0 Å². The number of nitro groups is 4. The molecule has 95 valence electrons. The number of rotatable bonds is 4. The quantitative estimate of drug-likeness (QED) is 0.314. The smallest absolute Gasteiger partial charge is 0.390 e. The predicted molar refractivity (Wildman–Crippen MR) is 47.7 cm³/mol. The molecule has 1 heterocycles. The summed E-state index contributed by atoms with van der Waals surface area (Å²) in [4.78, 5) is 37.6. The van der Waals surface area contributed by atoms with Crippen LogP contribution >= 0.6 is 0 Å². The first kappa shape index (κ1) is 12.8. The minimum atomic E-state index is -4.12. The van der Waals surface area contributed by atoms with Crippen molar-refractivity contribution in [2.24, 2.45) is 10.1 Å². The van der Waals surface area contributed by atoms with Gasteiger partial charge in [-0.2, -0.15) is 0 Å². The second-order valence-electron chi connectivity index (χ2n) is 2.60. The first-order valence-electron chi connectivity index (χ1n) is 3.70. The van der Waals surface area contributed by atoms with Crippen LogP contribution in [0.15, 0.2) is 10.1 Å². The summed E-state index contributed by atoms with van der Waals surface area (Å²) in [5, 5.41) is 44.4. The van der Waals surface area contributed by atoms with Crippen molar-refractivity contribution < 1.29 is 19.7 Å². The van der Waals surface area contributed by atoms with Crippen molar-refractivity contribution in [3.05, 3.63) is 40.5 Å². The topological polar surface area (TPSA) is 211 Å². The van der Waals surface area contributed by atoms with Gasteiger partial charge in [-0.1, -0.05) is 0 Å². The molecule has 0 atom stereocenters. The molecule has 18 heavy (non-hydrogen) atoms. The van der Waals surface area contributed by atoms with Crippen LogP contribution in [0.1, 0.15) is 0 Å². The van der Waals surface area contributed by atoms with Crippen molar-refractivity contribution in [1.29, 1.82) is 0 Å². The van der Waals surface area contributed by atoms with Crippen LogP contribution in [0.4, 0.5) is 0 Å². The second kappa shape index (κ2) is 3.96. The summed E-state index contributed by atoms with van der Waals surface area (Å²) >= 11 is 0. The minimum absolute atomic E-state index is 1.26. The van der Waals surface area contributed by atoms with Crippen LogP contribution in [0.3, 0.4) is 0 Å². The maximum absolute atomic E-state index is 10.5. The summed E-state index contributed by atoms with van der Waals surface area (Å²) < 4.78 is 0. The maximum atomic E-state index is 10.5. The number of aliphatic imine (C=N–C) groups is 1. The van der Waals surface area contributed by atoms with E-state index in [2.05, 4.69) is 15.5 Å². The fourth-order valence-corrected chi connectivity index (χ4v) is 0.896. The summed E-state index contributed by atoms with van der Waals surface area (Å²) in [7, 11) is 0. The standard InChI is InChI=1S/C3N7O8/c11-7(12)2-4-1(5-6-2)3(8(13)14,9(15)16)10(17)18. The Labute approximate surface area is 94.4 Å². The Kier molecular flexibility index (Phi) is 2.82. The molecule has 0 aromatic rings. The number of hydrogen-bond donors (Lipinski definition) is 0. The average molecular weight is 262 g/mol. The predicted octanol–water partition coefficient (Wildman–Crippen LogP) is -1.97. The van der Waals surface area contributed by atoms with E-state index in [0.29, 0.717) is 0 Å². The monoisotopic (exact) mass is 262 g/mol. The first-order valence-corrected chi connectivity index (χ1v) is 3.70. The molecule has 0 spiro atoms. The molecule has 15 nitrogen and oxygen atoms in total. The molecule has 0 fully saturated rings. The van der Waals surface area contributed by atoms with E-state index in [9.17, 15) is 40.5 Å². The van der Waals surface area contributed by atoms with Gasteiger partial charge in [0.1, 0.15) is 0 Å². The Bertz CT molecular complexity index is 483. The summed E-state index contributed by atoms with van der Waals surface area (Å²) in [5.74, 6) is -7.05. The minimum Gasteiger partial charge on any atom is -0.390 e. The van der Waals surface area contributed by atoms with E-state index in [1.54, 1.807) is 0 Å². The molecule has 1 aliphatic rings. The van der Waals surface area contributed by atoms with E-state index in [0.717, 1.165) is 0 Å². The van der Waals surface area contributed by atoms with Crippen molar-refractivity contribution in [3.8, 4) is 0 Å². The molecule has 0 amide bonds. The van der Waals surface area contributed by atoms with Crippen LogP contribution in [-0.2, 0) is 0 Å². The van der Waals surface area contributed by atoms with Gasteiger partial charge in [-0.3, -0.25) is 30.3 Å². The Hall–Kier alpha value is -3.26. The van der Waals surface area contributed by atoms with Crippen molar-refractivity contribution in [3.63, 3.8) is 0 Å². The van der Waals surface area contributed by atoms with E-state index in [-0.39, 0.29) is 0 Å². The Balaban J connectivity index is 3.40. The lowest BCUT2D eigenvalue weighted by Gasteiger charge is -2.02. The summed E-state index contributed by atoms with van der Waals surface area (Å²) in [5.41, 5.74) is 2.66. The number of guanidine groups is 1. The van der Waals surface area contributed by atoms with Crippen LogP contribution in [0, 0.1) is 40.5 Å². The van der Waals surface area contributed by atoms with Gasteiger partial charge in [0.25, 0.3) is 0 Å². The number of amidine groups is 1. The molecule has 0 N–H and O–H groups in total. The van der Waals surface area contributed by atoms with Gasteiger partial charge in [-0.05, 0) is 15.0 Å². The summed E-state index contributed by atoms with van der Waals surface area (Å²) in [6, 6.07) is 0. The number of hydrogen-bond acceptors (Lipinski definition) is 10. The molecule has 15 heteroatoms. The highest BCUT2D eigenvalue weighted by atomic mass is 16.7.